The Kier molecular flexibility index (Phi) is 4.06. The summed E-state index contributed by atoms with van der Waals surface area (Å²) in [6, 6.07) is 16.2. The van der Waals surface area contributed by atoms with Crippen LogP contribution >= 0.6 is 15.9 Å². The highest BCUT2D eigenvalue weighted by Gasteiger charge is 2.04. The average molecular weight is 343 g/mol. The van der Waals surface area contributed by atoms with Gasteiger partial charge in [-0.05, 0) is 42.0 Å². The summed E-state index contributed by atoms with van der Waals surface area (Å²) in [6.07, 6.45) is 1.81. The Labute approximate surface area is 132 Å². The number of nitrogens with one attached hydrogen (secondary N) is 1. The summed E-state index contributed by atoms with van der Waals surface area (Å²) in [7, 11) is 1.68. The lowest BCUT2D eigenvalue weighted by molar-refractivity contribution is 0.416. The maximum atomic E-state index is 5.37. The van der Waals surface area contributed by atoms with E-state index in [2.05, 4.69) is 44.4 Å². The number of anilines is 1. The summed E-state index contributed by atoms with van der Waals surface area (Å²) in [5.41, 5.74) is 3.19. The van der Waals surface area contributed by atoms with Gasteiger partial charge in [-0.25, -0.2) is 0 Å². The molecule has 0 bridgehead atoms. The SMILES string of the molecule is COc1ccc(Br)cc1NCc1ccc2ncccc2c1. The van der Waals surface area contributed by atoms with E-state index < -0.39 is 0 Å². The molecule has 106 valence electrons. The lowest BCUT2D eigenvalue weighted by Crippen LogP contribution is -2.01. The molecule has 0 saturated heterocycles. The lowest BCUT2D eigenvalue weighted by Gasteiger charge is -2.12. The first-order valence-electron chi connectivity index (χ1n) is 6.67. The maximum Gasteiger partial charge on any atom is 0.142 e. The van der Waals surface area contributed by atoms with Crippen molar-refractivity contribution >= 4 is 32.5 Å². The van der Waals surface area contributed by atoms with Crippen LogP contribution in [0, 0.1) is 0 Å². The second-order valence-corrected chi connectivity index (χ2v) is 5.64. The zero-order valence-electron chi connectivity index (χ0n) is 11.6. The molecule has 0 atom stereocenters. The first kappa shape index (κ1) is 13.9. The number of ether oxygens (including phenoxy) is 1. The van der Waals surface area contributed by atoms with E-state index in [-0.39, 0.29) is 0 Å². The highest BCUT2D eigenvalue weighted by Crippen LogP contribution is 2.28. The summed E-state index contributed by atoms with van der Waals surface area (Å²) in [6.45, 7) is 0.734. The number of rotatable bonds is 4. The molecule has 0 saturated carbocycles. The number of hydrogen-bond donors (Lipinski definition) is 1. The molecular weight excluding hydrogens is 328 g/mol. The number of nitrogens with zero attached hydrogens (tertiary/aromatic N) is 1. The summed E-state index contributed by atoms with van der Waals surface area (Å²) in [5.74, 6) is 0.834. The monoisotopic (exact) mass is 342 g/mol. The molecule has 0 fully saturated rings. The molecule has 4 heteroatoms. The molecule has 0 radical (unpaired) electrons. The van der Waals surface area contributed by atoms with Gasteiger partial charge in [0.1, 0.15) is 5.75 Å². The van der Waals surface area contributed by atoms with Crippen molar-refractivity contribution in [2.75, 3.05) is 12.4 Å². The van der Waals surface area contributed by atoms with Crippen molar-refractivity contribution < 1.29 is 4.74 Å². The van der Waals surface area contributed by atoms with Crippen LogP contribution in [-0.2, 0) is 6.54 Å². The molecule has 0 spiro atoms. The minimum atomic E-state index is 0.734. The van der Waals surface area contributed by atoms with E-state index in [9.17, 15) is 0 Å². The topological polar surface area (TPSA) is 34.1 Å². The van der Waals surface area contributed by atoms with Gasteiger partial charge >= 0.3 is 0 Å². The third-order valence-corrected chi connectivity index (χ3v) is 3.81. The summed E-state index contributed by atoms with van der Waals surface area (Å²) < 4.78 is 6.39. The maximum absolute atomic E-state index is 5.37. The standard InChI is InChI=1S/C17H15BrN2O/c1-21-17-7-5-14(18)10-16(17)20-11-12-4-6-15-13(9-12)3-2-8-19-15/h2-10,20H,11H2,1H3. The molecule has 0 unspecified atom stereocenters. The van der Waals surface area contributed by atoms with Crippen molar-refractivity contribution in [1.29, 1.82) is 0 Å². The number of methoxy groups -OCH3 is 1. The molecule has 0 amide bonds. The van der Waals surface area contributed by atoms with Crippen molar-refractivity contribution in [3.8, 4) is 5.75 Å². The lowest BCUT2D eigenvalue weighted by atomic mass is 10.1. The fourth-order valence-corrected chi connectivity index (χ4v) is 2.61. The van der Waals surface area contributed by atoms with Crippen LogP contribution in [-0.4, -0.2) is 12.1 Å². The predicted octanol–water partition coefficient (Wildman–Crippen LogP) is 4.62. The number of fused-ring (bicyclic) bond motifs is 1. The predicted molar refractivity (Wildman–Crippen MR) is 89.8 cm³/mol. The van der Waals surface area contributed by atoms with E-state index in [0.29, 0.717) is 0 Å². The van der Waals surface area contributed by atoms with Crippen LogP contribution in [0.5, 0.6) is 5.75 Å². The van der Waals surface area contributed by atoms with Gasteiger partial charge < -0.3 is 10.1 Å². The van der Waals surface area contributed by atoms with E-state index in [1.54, 1.807) is 7.11 Å². The number of benzene rings is 2. The van der Waals surface area contributed by atoms with Gasteiger partial charge in [0.25, 0.3) is 0 Å². The van der Waals surface area contributed by atoms with Crippen molar-refractivity contribution in [1.82, 2.24) is 4.98 Å². The minimum Gasteiger partial charge on any atom is -0.495 e. The van der Waals surface area contributed by atoms with Gasteiger partial charge in [-0.15, -0.1) is 0 Å². The molecule has 1 heterocycles. The second-order valence-electron chi connectivity index (χ2n) is 4.73. The van der Waals surface area contributed by atoms with E-state index >= 15 is 0 Å². The van der Waals surface area contributed by atoms with E-state index in [1.165, 1.54) is 5.56 Å². The Bertz CT molecular complexity index is 774. The molecule has 21 heavy (non-hydrogen) atoms. The third kappa shape index (κ3) is 3.16. The summed E-state index contributed by atoms with van der Waals surface area (Å²) in [4.78, 5) is 4.33. The van der Waals surface area contributed by atoms with Crippen LogP contribution in [0.3, 0.4) is 0 Å². The fourth-order valence-electron chi connectivity index (χ4n) is 2.25. The molecular formula is C17H15BrN2O. The van der Waals surface area contributed by atoms with Crippen LogP contribution in [0.25, 0.3) is 10.9 Å². The number of halogens is 1. The van der Waals surface area contributed by atoms with Crippen molar-refractivity contribution in [3.63, 3.8) is 0 Å². The van der Waals surface area contributed by atoms with Gasteiger partial charge in [0.05, 0.1) is 18.3 Å². The van der Waals surface area contributed by atoms with Gasteiger partial charge in [0.15, 0.2) is 0 Å². The number of pyridine rings is 1. The van der Waals surface area contributed by atoms with Gasteiger partial charge in [-0.3, -0.25) is 4.98 Å². The quantitative estimate of drug-likeness (QED) is 0.751. The highest BCUT2D eigenvalue weighted by atomic mass is 79.9. The minimum absolute atomic E-state index is 0.734. The second kappa shape index (κ2) is 6.14. The van der Waals surface area contributed by atoms with Gasteiger partial charge in [0, 0.05) is 22.6 Å². The molecule has 0 aliphatic rings. The number of aromatic nitrogens is 1. The average Bonchev–Trinajstić information content (AvgIpc) is 2.53. The summed E-state index contributed by atoms with van der Waals surface area (Å²) >= 11 is 3.48. The molecule has 1 N–H and O–H groups in total. The molecule has 1 aromatic heterocycles. The van der Waals surface area contributed by atoms with Crippen LogP contribution in [0.1, 0.15) is 5.56 Å². The summed E-state index contributed by atoms with van der Waals surface area (Å²) in [5, 5.41) is 4.56. The Morgan fingerprint density at radius 1 is 1.14 bits per heavy atom. The van der Waals surface area contributed by atoms with Crippen molar-refractivity contribution in [2.24, 2.45) is 0 Å². The first-order valence-corrected chi connectivity index (χ1v) is 7.46. The van der Waals surface area contributed by atoms with Gasteiger partial charge in [-0.1, -0.05) is 28.1 Å². The zero-order chi connectivity index (χ0) is 14.7. The smallest absolute Gasteiger partial charge is 0.142 e. The van der Waals surface area contributed by atoms with Crippen LogP contribution in [0.15, 0.2) is 59.2 Å². The Balaban J connectivity index is 1.81. The molecule has 3 rings (SSSR count). The molecule has 2 aromatic carbocycles. The van der Waals surface area contributed by atoms with Crippen LogP contribution < -0.4 is 10.1 Å². The largest absolute Gasteiger partial charge is 0.495 e. The molecule has 3 aromatic rings. The van der Waals surface area contributed by atoms with E-state index in [4.69, 9.17) is 4.74 Å². The van der Waals surface area contributed by atoms with Crippen LogP contribution in [0.4, 0.5) is 5.69 Å². The number of hydrogen-bond acceptors (Lipinski definition) is 3. The highest BCUT2D eigenvalue weighted by molar-refractivity contribution is 9.10. The zero-order valence-corrected chi connectivity index (χ0v) is 13.2. The van der Waals surface area contributed by atoms with E-state index in [1.807, 2.05) is 36.5 Å². The van der Waals surface area contributed by atoms with Gasteiger partial charge in [0.2, 0.25) is 0 Å². The van der Waals surface area contributed by atoms with E-state index in [0.717, 1.165) is 33.4 Å². The molecule has 0 aliphatic heterocycles. The van der Waals surface area contributed by atoms with Crippen molar-refractivity contribution in [3.05, 3.63) is 64.8 Å². The first-order chi connectivity index (χ1) is 10.3. The normalized spacial score (nSPS) is 10.6. The fraction of sp³-hybridized carbons (Fsp3) is 0.118. The van der Waals surface area contributed by atoms with Gasteiger partial charge in [-0.2, -0.15) is 0 Å². The Morgan fingerprint density at radius 3 is 2.90 bits per heavy atom. The third-order valence-electron chi connectivity index (χ3n) is 3.31. The van der Waals surface area contributed by atoms with Crippen LogP contribution in [0.2, 0.25) is 0 Å². The van der Waals surface area contributed by atoms with Crippen molar-refractivity contribution in [2.45, 2.75) is 6.54 Å². The Morgan fingerprint density at radius 2 is 2.05 bits per heavy atom. The molecule has 0 aliphatic carbocycles. The Hall–Kier alpha value is -2.07. The molecule has 3 nitrogen and oxygen atoms in total.